The topological polar surface area (TPSA) is 29.1 Å². The summed E-state index contributed by atoms with van der Waals surface area (Å²) in [6.45, 7) is 3.95. The zero-order valence-corrected chi connectivity index (χ0v) is 12.9. The van der Waals surface area contributed by atoms with Crippen molar-refractivity contribution in [3.63, 3.8) is 0 Å². The van der Waals surface area contributed by atoms with E-state index in [0.29, 0.717) is 16.8 Å². The molecule has 1 aromatic rings. The van der Waals surface area contributed by atoms with Gasteiger partial charge in [0, 0.05) is 22.5 Å². The van der Waals surface area contributed by atoms with Gasteiger partial charge in [0.1, 0.15) is 0 Å². The van der Waals surface area contributed by atoms with Crippen LogP contribution in [0.25, 0.3) is 0 Å². The minimum Gasteiger partial charge on any atom is -0.351 e. The Morgan fingerprint density at radius 1 is 1.45 bits per heavy atom. The van der Waals surface area contributed by atoms with Gasteiger partial charge in [0.2, 0.25) is 0 Å². The first-order chi connectivity index (χ1) is 9.36. The van der Waals surface area contributed by atoms with Crippen molar-refractivity contribution in [2.24, 2.45) is 0 Å². The molecule has 0 fully saturated rings. The zero-order valence-electron chi connectivity index (χ0n) is 10.5. The molecule has 0 heterocycles. The van der Waals surface area contributed by atoms with Crippen LogP contribution in [0.1, 0.15) is 15.9 Å². The molecule has 0 aromatic heterocycles. The number of benzene rings is 1. The summed E-state index contributed by atoms with van der Waals surface area (Å²) < 4.78 is 38.1. The predicted octanol–water partition coefficient (Wildman–Crippen LogP) is 4.12. The van der Waals surface area contributed by atoms with Crippen molar-refractivity contribution >= 4 is 33.6 Å². The number of rotatable bonds is 6. The number of hydrogen-bond acceptors (Lipinski definition) is 2. The second-order valence-electron chi connectivity index (χ2n) is 3.81. The third-order valence-corrected chi connectivity index (χ3v) is 3.96. The highest BCUT2D eigenvalue weighted by molar-refractivity contribution is 9.10. The highest BCUT2D eigenvalue weighted by atomic mass is 79.9. The van der Waals surface area contributed by atoms with E-state index in [1.54, 1.807) is 17.8 Å². The van der Waals surface area contributed by atoms with E-state index in [4.69, 9.17) is 0 Å². The normalized spacial score (nSPS) is 11.2. The van der Waals surface area contributed by atoms with Crippen LogP contribution in [0.5, 0.6) is 0 Å². The van der Waals surface area contributed by atoms with E-state index in [9.17, 15) is 18.0 Å². The molecule has 1 rings (SSSR count). The number of alkyl halides is 3. The molecular formula is C13H13BrF3NOS. The molecule has 0 radical (unpaired) electrons. The van der Waals surface area contributed by atoms with Crippen molar-refractivity contribution < 1.29 is 18.0 Å². The molecule has 2 nitrogen and oxygen atoms in total. The third-order valence-electron chi connectivity index (χ3n) is 2.31. The van der Waals surface area contributed by atoms with Crippen LogP contribution in [0.3, 0.4) is 0 Å². The van der Waals surface area contributed by atoms with Gasteiger partial charge in [-0.1, -0.05) is 6.08 Å². The maximum atomic E-state index is 12.6. The largest absolute Gasteiger partial charge is 0.416 e. The van der Waals surface area contributed by atoms with Crippen LogP contribution in [0.4, 0.5) is 13.2 Å². The SMILES string of the molecule is C=CCSCCNC(=O)c1cc(C(F)(F)F)ccc1Br. The van der Waals surface area contributed by atoms with Crippen molar-refractivity contribution in [2.75, 3.05) is 18.1 Å². The number of amides is 1. The average molecular weight is 368 g/mol. The molecule has 1 aromatic carbocycles. The first-order valence-corrected chi connectivity index (χ1v) is 7.64. The monoisotopic (exact) mass is 367 g/mol. The summed E-state index contributed by atoms with van der Waals surface area (Å²) in [7, 11) is 0. The van der Waals surface area contributed by atoms with Gasteiger partial charge in [-0.05, 0) is 34.1 Å². The summed E-state index contributed by atoms with van der Waals surface area (Å²) in [5, 5.41) is 2.59. The van der Waals surface area contributed by atoms with Crippen LogP contribution < -0.4 is 5.32 Å². The molecule has 0 spiro atoms. The van der Waals surface area contributed by atoms with Crippen molar-refractivity contribution in [1.29, 1.82) is 0 Å². The van der Waals surface area contributed by atoms with Gasteiger partial charge in [-0.2, -0.15) is 24.9 Å². The molecule has 0 saturated heterocycles. The van der Waals surface area contributed by atoms with Gasteiger partial charge in [0.25, 0.3) is 5.91 Å². The van der Waals surface area contributed by atoms with E-state index < -0.39 is 17.6 Å². The molecule has 110 valence electrons. The summed E-state index contributed by atoms with van der Waals surface area (Å²) in [5.41, 5.74) is -0.861. The lowest BCUT2D eigenvalue weighted by Gasteiger charge is -2.11. The molecule has 1 amide bonds. The van der Waals surface area contributed by atoms with Crippen molar-refractivity contribution in [3.05, 3.63) is 46.5 Å². The molecular weight excluding hydrogens is 355 g/mol. The van der Waals surface area contributed by atoms with Gasteiger partial charge in [-0.3, -0.25) is 4.79 Å². The van der Waals surface area contributed by atoms with E-state index in [1.165, 1.54) is 6.07 Å². The van der Waals surface area contributed by atoms with E-state index in [2.05, 4.69) is 27.8 Å². The molecule has 1 N–H and O–H groups in total. The Bertz CT molecular complexity index is 491. The lowest BCUT2D eigenvalue weighted by atomic mass is 10.1. The number of halogens is 4. The number of thioether (sulfide) groups is 1. The van der Waals surface area contributed by atoms with Crippen LogP contribution in [0.2, 0.25) is 0 Å². The summed E-state index contributed by atoms with van der Waals surface area (Å²) >= 11 is 4.66. The summed E-state index contributed by atoms with van der Waals surface area (Å²) in [6.07, 6.45) is -2.72. The van der Waals surface area contributed by atoms with Gasteiger partial charge >= 0.3 is 6.18 Å². The zero-order chi connectivity index (χ0) is 15.2. The van der Waals surface area contributed by atoms with E-state index >= 15 is 0 Å². The number of hydrogen-bond donors (Lipinski definition) is 1. The van der Waals surface area contributed by atoms with Gasteiger partial charge in [0.05, 0.1) is 11.1 Å². The Morgan fingerprint density at radius 3 is 2.75 bits per heavy atom. The molecule has 20 heavy (non-hydrogen) atoms. The van der Waals surface area contributed by atoms with Gasteiger partial charge in [-0.15, -0.1) is 6.58 Å². The second kappa shape index (κ2) is 7.73. The van der Waals surface area contributed by atoms with Gasteiger partial charge in [-0.25, -0.2) is 0 Å². The summed E-state index contributed by atoms with van der Waals surface area (Å²) in [5.74, 6) is 0.916. The molecule has 0 unspecified atom stereocenters. The molecule has 7 heteroatoms. The Hall–Kier alpha value is -0.950. The maximum absolute atomic E-state index is 12.6. The average Bonchev–Trinajstić information content (AvgIpc) is 2.37. The molecule has 0 aliphatic rings. The number of carbonyl (C=O) groups excluding carboxylic acids is 1. The standard InChI is InChI=1S/C13H13BrF3NOS/c1-2-6-20-7-5-18-12(19)10-8-9(13(15,16)17)3-4-11(10)14/h2-4,8H,1,5-7H2,(H,18,19). The third kappa shape index (κ3) is 5.20. The lowest BCUT2D eigenvalue weighted by Crippen LogP contribution is -2.26. The quantitative estimate of drug-likeness (QED) is 0.605. The number of nitrogens with one attached hydrogen (secondary N) is 1. The fourth-order valence-electron chi connectivity index (χ4n) is 1.37. The van der Waals surface area contributed by atoms with Gasteiger partial charge in [0.15, 0.2) is 0 Å². The maximum Gasteiger partial charge on any atom is 0.416 e. The van der Waals surface area contributed by atoms with Crippen LogP contribution in [-0.4, -0.2) is 24.0 Å². The van der Waals surface area contributed by atoms with Crippen molar-refractivity contribution in [1.82, 2.24) is 5.32 Å². The smallest absolute Gasteiger partial charge is 0.351 e. The van der Waals surface area contributed by atoms with Crippen molar-refractivity contribution in [2.45, 2.75) is 6.18 Å². The van der Waals surface area contributed by atoms with Crippen LogP contribution in [0.15, 0.2) is 35.3 Å². The summed E-state index contributed by atoms with van der Waals surface area (Å²) in [4.78, 5) is 11.8. The van der Waals surface area contributed by atoms with E-state index in [1.807, 2.05) is 0 Å². The molecule has 0 bridgehead atoms. The molecule has 0 aliphatic heterocycles. The first kappa shape index (κ1) is 17.1. The lowest BCUT2D eigenvalue weighted by molar-refractivity contribution is -0.137. The first-order valence-electron chi connectivity index (χ1n) is 5.70. The minimum absolute atomic E-state index is 0.0199. The fourth-order valence-corrected chi connectivity index (χ4v) is 2.38. The molecule has 0 saturated carbocycles. The Kier molecular flexibility index (Phi) is 6.61. The minimum atomic E-state index is -4.46. The van der Waals surface area contributed by atoms with Crippen LogP contribution >= 0.6 is 27.7 Å². The van der Waals surface area contributed by atoms with E-state index in [0.717, 1.165) is 17.9 Å². The second-order valence-corrected chi connectivity index (χ2v) is 5.82. The predicted molar refractivity (Wildman–Crippen MR) is 79.0 cm³/mol. The Labute approximate surface area is 127 Å². The van der Waals surface area contributed by atoms with Crippen molar-refractivity contribution in [3.8, 4) is 0 Å². The van der Waals surface area contributed by atoms with Crippen LogP contribution in [0, 0.1) is 0 Å². The Balaban J connectivity index is 2.70. The highest BCUT2D eigenvalue weighted by Crippen LogP contribution is 2.31. The highest BCUT2D eigenvalue weighted by Gasteiger charge is 2.31. The van der Waals surface area contributed by atoms with E-state index in [-0.39, 0.29) is 5.56 Å². The fraction of sp³-hybridized carbons (Fsp3) is 0.308. The van der Waals surface area contributed by atoms with Crippen LogP contribution in [-0.2, 0) is 6.18 Å². The molecule has 0 atom stereocenters. The summed E-state index contributed by atoms with van der Waals surface area (Å²) in [6, 6.07) is 3.00. The number of carbonyl (C=O) groups is 1. The molecule has 0 aliphatic carbocycles. The Morgan fingerprint density at radius 2 is 2.15 bits per heavy atom. The van der Waals surface area contributed by atoms with Gasteiger partial charge < -0.3 is 5.32 Å².